The first-order valence-electron chi connectivity index (χ1n) is 6.89. The third-order valence-corrected chi connectivity index (χ3v) is 2.27. The normalized spacial score (nSPS) is 10.6. The monoisotopic (exact) mass is 367 g/mol. The highest BCUT2D eigenvalue weighted by Gasteiger charge is 2.10. The highest BCUT2D eigenvalue weighted by atomic mass is 35.5. The Morgan fingerprint density at radius 2 is 1.78 bits per heavy atom. The van der Waals surface area contributed by atoms with Crippen LogP contribution in [0.4, 0.5) is 11.4 Å². The fourth-order valence-corrected chi connectivity index (χ4v) is 1.08. The smallest absolute Gasteiger partial charge is 0.269 e. The molecule has 1 unspecified atom stereocenters. The molecule has 0 aliphatic heterocycles. The molecule has 132 valence electrons. The maximum absolute atomic E-state index is 10.6. The molecule has 0 heterocycles. The number of amides is 1. The minimum atomic E-state index is -1.06. The molecule has 9 heteroatoms. The molecule has 0 fully saturated rings. The maximum Gasteiger partial charge on any atom is 0.269 e. The SMILES string of the molecule is CC(O)CNC(=O)C(Cl)Cl.CCC.Nc1ccc([N+](=O)[O-])cc1. The Balaban J connectivity index is 0. The Bertz CT molecular complexity index is 454. The van der Waals surface area contributed by atoms with Crippen LogP contribution in [0.5, 0.6) is 0 Å². The number of halogens is 2. The van der Waals surface area contributed by atoms with E-state index < -0.39 is 21.8 Å². The molecule has 0 saturated heterocycles. The number of aliphatic hydroxyl groups is 1. The molecule has 1 rings (SSSR count). The topological polar surface area (TPSA) is 118 Å². The van der Waals surface area contributed by atoms with Crippen LogP contribution in [0.2, 0.25) is 0 Å². The van der Waals surface area contributed by atoms with Gasteiger partial charge in [-0.3, -0.25) is 14.9 Å². The van der Waals surface area contributed by atoms with E-state index in [-0.39, 0.29) is 12.2 Å². The van der Waals surface area contributed by atoms with E-state index in [2.05, 4.69) is 19.2 Å². The summed E-state index contributed by atoms with van der Waals surface area (Å²) in [7, 11) is 0. The van der Waals surface area contributed by atoms with Crippen LogP contribution in [0.1, 0.15) is 27.2 Å². The fourth-order valence-electron chi connectivity index (χ4n) is 0.921. The van der Waals surface area contributed by atoms with Gasteiger partial charge < -0.3 is 16.2 Å². The molecule has 0 radical (unpaired) electrons. The van der Waals surface area contributed by atoms with Crippen molar-refractivity contribution in [2.45, 2.75) is 38.1 Å². The van der Waals surface area contributed by atoms with Gasteiger partial charge in [0.15, 0.2) is 4.84 Å². The first-order chi connectivity index (χ1) is 10.6. The van der Waals surface area contributed by atoms with Crippen molar-refractivity contribution < 1.29 is 14.8 Å². The van der Waals surface area contributed by atoms with Crippen LogP contribution in [0.3, 0.4) is 0 Å². The van der Waals surface area contributed by atoms with Gasteiger partial charge in [-0.25, -0.2) is 0 Å². The molecule has 0 aromatic heterocycles. The number of carbonyl (C=O) groups excluding carboxylic acids is 1. The molecular weight excluding hydrogens is 345 g/mol. The number of benzene rings is 1. The number of hydrogen-bond acceptors (Lipinski definition) is 5. The summed E-state index contributed by atoms with van der Waals surface area (Å²) in [6, 6.07) is 5.74. The van der Waals surface area contributed by atoms with Gasteiger partial charge in [-0.2, -0.15) is 0 Å². The minimum Gasteiger partial charge on any atom is -0.399 e. The summed E-state index contributed by atoms with van der Waals surface area (Å²) < 4.78 is 0. The number of aliphatic hydroxyl groups excluding tert-OH is 1. The van der Waals surface area contributed by atoms with Gasteiger partial charge in [-0.1, -0.05) is 43.5 Å². The second kappa shape index (κ2) is 14.0. The zero-order chi connectivity index (χ0) is 18.4. The van der Waals surface area contributed by atoms with E-state index in [4.69, 9.17) is 34.0 Å². The summed E-state index contributed by atoms with van der Waals surface area (Å²) in [6.45, 7) is 5.98. The molecule has 0 aliphatic carbocycles. The van der Waals surface area contributed by atoms with E-state index in [1.807, 2.05) is 0 Å². The number of nitrogen functional groups attached to an aromatic ring is 1. The lowest BCUT2D eigenvalue weighted by atomic mass is 10.3. The summed E-state index contributed by atoms with van der Waals surface area (Å²) in [6.07, 6.45) is 0.677. The number of nitrogens with one attached hydrogen (secondary N) is 1. The number of carbonyl (C=O) groups is 1. The van der Waals surface area contributed by atoms with Crippen LogP contribution in [0, 0.1) is 10.1 Å². The molecule has 23 heavy (non-hydrogen) atoms. The van der Waals surface area contributed by atoms with Gasteiger partial charge in [0.05, 0.1) is 11.0 Å². The Labute approximate surface area is 145 Å². The maximum atomic E-state index is 10.6. The predicted octanol–water partition coefficient (Wildman–Crippen LogP) is 2.88. The fraction of sp³-hybridized carbons (Fsp3) is 0.500. The van der Waals surface area contributed by atoms with E-state index in [0.29, 0.717) is 5.69 Å². The van der Waals surface area contributed by atoms with Crippen LogP contribution in [-0.2, 0) is 4.79 Å². The number of hydrogen-bond donors (Lipinski definition) is 3. The van der Waals surface area contributed by atoms with Crippen molar-refractivity contribution in [2.24, 2.45) is 0 Å². The van der Waals surface area contributed by atoms with Crippen LogP contribution in [0.15, 0.2) is 24.3 Å². The van der Waals surface area contributed by atoms with E-state index >= 15 is 0 Å². The molecule has 0 aliphatic rings. The molecule has 1 amide bonds. The Hall–Kier alpha value is -1.57. The number of non-ortho nitro benzene ring substituents is 1. The summed E-state index contributed by atoms with van der Waals surface area (Å²) >= 11 is 10.4. The van der Waals surface area contributed by atoms with Crippen molar-refractivity contribution in [1.82, 2.24) is 5.32 Å². The Morgan fingerprint density at radius 3 is 2.09 bits per heavy atom. The number of alkyl halides is 2. The lowest BCUT2D eigenvalue weighted by molar-refractivity contribution is -0.384. The summed E-state index contributed by atoms with van der Waals surface area (Å²) in [5.74, 6) is -0.482. The molecule has 7 nitrogen and oxygen atoms in total. The molecule has 4 N–H and O–H groups in total. The van der Waals surface area contributed by atoms with Gasteiger partial charge in [0.1, 0.15) is 0 Å². The standard InChI is InChI=1S/C6H6N2O2.C5H9Cl2NO2.C3H8/c7-5-1-3-6(4-2-5)8(9)10;1-3(9)2-8-5(10)4(6)7;1-3-2/h1-4H,7H2;3-4,9H,2H2,1H3,(H,8,10);3H2,1-2H3. The quantitative estimate of drug-likeness (QED) is 0.327. The van der Waals surface area contributed by atoms with Gasteiger partial charge in [0.2, 0.25) is 0 Å². The van der Waals surface area contributed by atoms with Gasteiger partial charge in [0, 0.05) is 24.4 Å². The Kier molecular flexibility index (Phi) is 14.5. The second-order valence-corrected chi connectivity index (χ2v) is 5.55. The van der Waals surface area contributed by atoms with Gasteiger partial charge in [0.25, 0.3) is 11.6 Å². The average Bonchev–Trinajstić information content (AvgIpc) is 2.46. The first kappa shape index (κ1) is 23.7. The van der Waals surface area contributed by atoms with E-state index in [1.165, 1.54) is 30.7 Å². The van der Waals surface area contributed by atoms with Crippen molar-refractivity contribution in [3.05, 3.63) is 34.4 Å². The number of nitro benzene ring substituents is 1. The van der Waals surface area contributed by atoms with Crippen LogP contribution in [-0.4, -0.2) is 33.4 Å². The van der Waals surface area contributed by atoms with Crippen LogP contribution >= 0.6 is 23.2 Å². The van der Waals surface area contributed by atoms with Crippen molar-refractivity contribution in [3.63, 3.8) is 0 Å². The molecular formula is C14H23Cl2N3O4. The number of nitrogens with two attached hydrogens (primary N) is 1. The zero-order valence-corrected chi connectivity index (χ0v) is 14.8. The third kappa shape index (κ3) is 15.1. The highest BCUT2D eigenvalue weighted by Crippen LogP contribution is 2.12. The molecule has 1 aromatic rings. The van der Waals surface area contributed by atoms with Gasteiger partial charge in [-0.05, 0) is 19.1 Å². The largest absolute Gasteiger partial charge is 0.399 e. The number of rotatable bonds is 4. The lowest BCUT2D eigenvalue weighted by Crippen LogP contribution is -2.33. The van der Waals surface area contributed by atoms with E-state index in [9.17, 15) is 14.9 Å². The Morgan fingerprint density at radius 1 is 1.35 bits per heavy atom. The minimum absolute atomic E-state index is 0.0641. The highest BCUT2D eigenvalue weighted by molar-refractivity contribution is 6.53. The summed E-state index contributed by atoms with van der Waals surface area (Å²) in [5.41, 5.74) is 5.90. The molecule has 0 bridgehead atoms. The third-order valence-electron chi connectivity index (χ3n) is 1.87. The molecule has 0 saturated carbocycles. The molecule has 1 aromatic carbocycles. The number of anilines is 1. The van der Waals surface area contributed by atoms with E-state index in [0.717, 1.165) is 0 Å². The van der Waals surface area contributed by atoms with Crippen molar-refractivity contribution >= 4 is 40.5 Å². The van der Waals surface area contributed by atoms with Crippen LogP contribution < -0.4 is 11.1 Å². The van der Waals surface area contributed by atoms with Crippen molar-refractivity contribution in [3.8, 4) is 0 Å². The van der Waals surface area contributed by atoms with Crippen molar-refractivity contribution in [1.29, 1.82) is 0 Å². The first-order valence-corrected chi connectivity index (χ1v) is 7.76. The molecule has 0 spiro atoms. The summed E-state index contributed by atoms with van der Waals surface area (Å²) in [5, 5.41) is 21.1. The second-order valence-electron chi connectivity index (χ2n) is 4.45. The number of nitro groups is 1. The van der Waals surface area contributed by atoms with E-state index in [1.54, 1.807) is 6.92 Å². The average molecular weight is 368 g/mol. The lowest BCUT2D eigenvalue weighted by Gasteiger charge is -2.06. The van der Waals surface area contributed by atoms with Gasteiger partial charge >= 0.3 is 0 Å². The molecule has 1 atom stereocenters. The van der Waals surface area contributed by atoms with Crippen molar-refractivity contribution in [2.75, 3.05) is 12.3 Å². The zero-order valence-electron chi connectivity index (χ0n) is 13.3. The van der Waals surface area contributed by atoms with Crippen LogP contribution in [0.25, 0.3) is 0 Å². The number of nitrogens with zero attached hydrogens (tertiary/aromatic N) is 1. The van der Waals surface area contributed by atoms with Gasteiger partial charge in [-0.15, -0.1) is 0 Å². The predicted molar refractivity (Wildman–Crippen MR) is 93.7 cm³/mol. The summed E-state index contributed by atoms with van der Waals surface area (Å²) in [4.78, 5) is 19.1.